The molecule has 1 N–H and O–H groups in total. The van der Waals surface area contributed by atoms with Crippen LogP contribution in [-0.2, 0) is 9.53 Å². The first-order chi connectivity index (χ1) is 8.58. The summed E-state index contributed by atoms with van der Waals surface area (Å²) in [5.41, 5.74) is 0.918. The molecule has 0 aliphatic rings. The summed E-state index contributed by atoms with van der Waals surface area (Å²) in [7, 11) is 1.42. The van der Waals surface area contributed by atoms with Crippen LogP contribution in [0.1, 0.15) is 26.2 Å². The number of rotatable bonds is 6. The number of methoxy groups -OCH3 is 1. The number of carbonyl (C=O) groups excluding carboxylic acids is 1. The summed E-state index contributed by atoms with van der Waals surface area (Å²) in [6.45, 7) is 2.11. The molecule has 0 saturated heterocycles. The number of benzene rings is 1. The molecule has 5 heteroatoms. The second kappa shape index (κ2) is 7.99. The average molecular weight is 426 g/mol. The lowest BCUT2D eigenvalue weighted by Gasteiger charge is -2.18. The Bertz CT molecular complexity index is 412. The van der Waals surface area contributed by atoms with E-state index in [0.29, 0.717) is 0 Å². The van der Waals surface area contributed by atoms with Crippen LogP contribution in [0.25, 0.3) is 0 Å². The molecule has 3 nitrogen and oxygen atoms in total. The SMILES string of the molecule is CCCCC(Nc1ccc(I)cc1Br)C(=O)OC. The lowest BCUT2D eigenvalue weighted by atomic mass is 10.1. The van der Waals surface area contributed by atoms with Crippen LogP contribution >= 0.6 is 38.5 Å². The largest absolute Gasteiger partial charge is 0.467 e. The Morgan fingerprint density at radius 1 is 1.56 bits per heavy atom. The first-order valence-electron chi connectivity index (χ1n) is 5.88. The van der Waals surface area contributed by atoms with Gasteiger partial charge in [-0.3, -0.25) is 0 Å². The summed E-state index contributed by atoms with van der Waals surface area (Å²) in [5.74, 6) is -0.214. The van der Waals surface area contributed by atoms with E-state index in [1.807, 2.05) is 18.2 Å². The fourth-order valence-electron chi connectivity index (χ4n) is 1.59. The first kappa shape index (κ1) is 15.8. The molecular weight excluding hydrogens is 409 g/mol. The van der Waals surface area contributed by atoms with Crippen molar-refractivity contribution in [3.63, 3.8) is 0 Å². The van der Waals surface area contributed by atoms with E-state index in [9.17, 15) is 4.79 Å². The van der Waals surface area contributed by atoms with Crippen LogP contribution in [0.4, 0.5) is 5.69 Å². The van der Waals surface area contributed by atoms with E-state index in [-0.39, 0.29) is 12.0 Å². The van der Waals surface area contributed by atoms with Crippen LogP contribution in [-0.4, -0.2) is 19.1 Å². The lowest BCUT2D eigenvalue weighted by molar-refractivity contribution is -0.141. The molecule has 0 aliphatic carbocycles. The molecule has 1 atom stereocenters. The number of halogens is 2. The molecule has 0 fully saturated rings. The third-order valence-corrected chi connectivity index (χ3v) is 3.92. The molecule has 1 rings (SSSR count). The van der Waals surface area contributed by atoms with Crippen LogP contribution in [0.15, 0.2) is 22.7 Å². The standard InChI is InChI=1S/C13H17BrINO2/c1-3-4-5-12(13(17)18-2)16-11-7-6-9(15)8-10(11)14/h6-8,12,16H,3-5H2,1-2H3. The van der Waals surface area contributed by atoms with Gasteiger partial charge in [-0.1, -0.05) is 19.8 Å². The number of ether oxygens (including phenoxy) is 1. The smallest absolute Gasteiger partial charge is 0.328 e. The van der Waals surface area contributed by atoms with Crippen LogP contribution in [0, 0.1) is 3.57 Å². The molecular formula is C13H17BrINO2. The molecule has 18 heavy (non-hydrogen) atoms. The minimum atomic E-state index is -0.286. The van der Waals surface area contributed by atoms with Crippen LogP contribution in [0.5, 0.6) is 0 Å². The van der Waals surface area contributed by atoms with Crippen LogP contribution < -0.4 is 5.32 Å². The van der Waals surface area contributed by atoms with Gasteiger partial charge in [0.15, 0.2) is 0 Å². The molecule has 0 heterocycles. The molecule has 0 aliphatic heterocycles. The lowest BCUT2D eigenvalue weighted by Crippen LogP contribution is -2.30. The number of hydrogen-bond donors (Lipinski definition) is 1. The predicted octanol–water partition coefficient (Wildman–Crippen LogP) is 4.20. The molecule has 0 saturated carbocycles. The van der Waals surface area contributed by atoms with Gasteiger partial charge in [0.05, 0.1) is 7.11 Å². The fourth-order valence-corrected chi connectivity index (χ4v) is 3.01. The molecule has 0 spiro atoms. The van der Waals surface area contributed by atoms with Crippen LogP contribution in [0.3, 0.4) is 0 Å². The van der Waals surface area contributed by atoms with Crippen molar-refractivity contribution < 1.29 is 9.53 Å². The van der Waals surface area contributed by atoms with Gasteiger partial charge in [0, 0.05) is 13.7 Å². The minimum Gasteiger partial charge on any atom is -0.467 e. The van der Waals surface area contributed by atoms with Gasteiger partial charge in [0.1, 0.15) is 6.04 Å². The Morgan fingerprint density at radius 2 is 2.28 bits per heavy atom. The van der Waals surface area contributed by atoms with Gasteiger partial charge in [-0.15, -0.1) is 0 Å². The highest BCUT2D eigenvalue weighted by Gasteiger charge is 2.19. The molecule has 1 aromatic rings. The quantitative estimate of drug-likeness (QED) is 0.548. The van der Waals surface area contributed by atoms with Gasteiger partial charge in [-0.05, 0) is 63.1 Å². The molecule has 1 aromatic carbocycles. The highest BCUT2D eigenvalue weighted by atomic mass is 127. The maximum Gasteiger partial charge on any atom is 0.328 e. The van der Waals surface area contributed by atoms with E-state index in [0.717, 1.165) is 33.0 Å². The second-order valence-corrected chi connectivity index (χ2v) is 6.09. The van der Waals surface area contributed by atoms with Crippen molar-refractivity contribution in [2.24, 2.45) is 0 Å². The van der Waals surface area contributed by atoms with Crippen molar-refractivity contribution >= 4 is 50.2 Å². The Kier molecular flexibility index (Phi) is 6.99. The van der Waals surface area contributed by atoms with Gasteiger partial charge >= 0.3 is 5.97 Å². The maximum atomic E-state index is 11.7. The van der Waals surface area contributed by atoms with Gasteiger partial charge in [-0.25, -0.2) is 4.79 Å². The number of esters is 1. The highest BCUT2D eigenvalue weighted by Crippen LogP contribution is 2.25. The topological polar surface area (TPSA) is 38.3 Å². The Labute approximate surface area is 130 Å². The zero-order valence-electron chi connectivity index (χ0n) is 10.5. The van der Waals surface area contributed by atoms with E-state index in [1.165, 1.54) is 7.11 Å². The summed E-state index contributed by atoms with van der Waals surface area (Å²) >= 11 is 5.75. The number of unbranched alkanes of at least 4 members (excludes halogenated alkanes) is 1. The predicted molar refractivity (Wildman–Crippen MR) is 85.8 cm³/mol. The van der Waals surface area contributed by atoms with Gasteiger partial charge in [0.25, 0.3) is 0 Å². The molecule has 0 bridgehead atoms. The summed E-state index contributed by atoms with van der Waals surface area (Å²) in [5, 5.41) is 3.24. The monoisotopic (exact) mass is 425 g/mol. The normalized spacial score (nSPS) is 12.0. The maximum absolute atomic E-state index is 11.7. The molecule has 0 amide bonds. The zero-order valence-corrected chi connectivity index (χ0v) is 14.2. The molecule has 0 radical (unpaired) electrons. The first-order valence-corrected chi connectivity index (χ1v) is 7.75. The highest BCUT2D eigenvalue weighted by molar-refractivity contribution is 14.1. The van der Waals surface area contributed by atoms with E-state index in [4.69, 9.17) is 4.74 Å². The van der Waals surface area contributed by atoms with E-state index in [2.05, 4.69) is 50.8 Å². The van der Waals surface area contributed by atoms with Gasteiger partial charge in [-0.2, -0.15) is 0 Å². The second-order valence-electron chi connectivity index (χ2n) is 3.99. The number of anilines is 1. The van der Waals surface area contributed by atoms with Gasteiger partial charge < -0.3 is 10.1 Å². The number of nitrogens with one attached hydrogen (secondary N) is 1. The van der Waals surface area contributed by atoms with Crippen molar-refractivity contribution in [2.45, 2.75) is 32.2 Å². The van der Waals surface area contributed by atoms with E-state index < -0.39 is 0 Å². The Morgan fingerprint density at radius 3 is 2.83 bits per heavy atom. The summed E-state index contributed by atoms with van der Waals surface area (Å²) in [4.78, 5) is 11.7. The van der Waals surface area contributed by atoms with Crippen molar-refractivity contribution in [1.29, 1.82) is 0 Å². The molecule has 100 valence electrons. The third-order valence-electron chi connectivity index (χ3n) is 2.59. The van der Waals surface area contributed by atoms with Crippen molar-refractivity contribution in [3.05, 3.63) is 26.2 Å². The van der Waals surface area contributed by atoms with E-state index >= 15 is 0 Å². The Hall–Kier alpha value is -0.300. The summed E-state index contributed by atoms with van der Waals surface area (Å²) in [6.07, 6.45) is 2.83. The Balaban J connectivity index is 2.78. The average Bonchev–Trinajstić information content (AvgIpc) is 2.36. The fraction of sp³-hybridized carbons (Fsp3) is 0.462. The van der Waals surface area contributed by atoms with E-state index in [1.54, 1.807) is 0 Å². The summed E-state index contributed by atoms with van der Waals surface area (Å²) < 4.78 is 6.93. The van der Waals surface area contributed by atoms with Crippen LogP contribution in [0.2, 0.25) is 0 Å². The number of hydrogen-bond acceptors (Lipinski definition) is 3. The zero-order chi connectivity index (χ0) is 13.5. The molecule has 0 aromatic heterocycles. The minimum absolute atomic E-state index is 0.214. The van der Waals surface area contributed by atoms with Crippen molar-refractivity contribution in [1.82, 2.24) is 0 Å². The van der Waals surface area contributed by atoms with Gasteiger partial charge in [0.2, 0.25) is 0 Å². The molecule has 1 unspecified atom stereocenters. The van der Waals surface area contributed by atoms with Crippen molar-refractivity contribution in [2.75, 3.05) is 12.4 Å². The summed E-state index contributed by atoms with van der Waals surface area (Å²) in [6, 6.07) is 5.69. The van der Waals surface area contributed by atoms with Crippen molar-refractivity contribution in [3.8, 4) is 0 Å². The third kappa shape index (κ3) is 4.76. The number of carbonyl (C=O) groups is 1.